The summed E-state index contributed by atoms with van der Waals surface area (Å²) in [6.07, 6.45) is 2.21. The summed E-state index contributed by atoms with van der Waals surface area (Å²) in [5.74, 6) is -0.133. The van der Waals surface area contributed by atoms with E-state index in [1.807, 2.05) is 13.8 Å². The Labute approximate surface area is 163 Å². The van der Waals surface area contributed by atoms with Crippen molar-refractivity contribution in [3.05, 3.63) is 35.2 Å². The molecule has 0 aliphatic rings. The van der Waals surface area contributed by atoms with E-state index < -0.39 is 11.4 Å². The molecule has 0 saturated carbocycles. The van der Waals surface area contributed by atoms with Crippen molar-refractivity contribution in [3.8, 4) is 11.4 Å². The fraction of sp³-hybridized carbons (Fsp3) is 0.474. The van der Waals surface area contributed by atoms with Gasteiger partial charge in [-0.05, 0) is 43.5 Å². The van der Waals surface area contributed by atoms with E-state index in [0.29, 0.717) is 42.4 Å². The molecule has 7 nitrogen and oxygen atoms in total. The summed E-state index contributed by atoms with van der Waals surface area (Å²) in [5.41, 5.74) is -0.105. The van der Waals surface area contributed by atoms with Crippen LogP contribution in [0.15, 0.2) is 28.8 Å². The van der Waals surface area contributed by atoms with Gasteiger partial charge in [0.1, 0.15) is 0 Å². The molecular formula is C19H24ClN3O4. The number of benzene rings is 1. The summed E-state index contributed by atoms with van der Waals surface area (Å²) in [5, 5.41) is 16.7. The summed E-state index contributed by atoms with van der Waals surface area (Å²) in [4.78, 5) is 27.8. The van der Waals surface area contributed by atoms with E-state index in [1.165, 1.54) is 0 Å². The van der Waals surface area contributed by atoms with Crippen molar-refractivity contribution in [2.24, 2.45) is 5.41 Å². The lowest BCUT2D eigenvalue weighted by Crippen LogP contribution is -2.42. The van der Waals surface area contributed by atoms with Crippen LogP contribution >= 0.6 is 11.6 Å². The van der Waals surface area contributed by atoms with Gasteiger partial charge in [-0.2, -0.15) is 4.98 Å². The quantitative estimate of drug-likeness (QED) is 0.637. The van der Waals surface area contributed by atoms with Gasteiger partial charge in [0.25, 0.3) is 0 Å². The van der Waals surface area contributed by atoms with Gasteiger partial charge in [-0.15, -0.1) is 0 Å². The third kappa shape index (κ3) is 5.53. The molecule has 2 N–H and O–H groups in total. The largest absolute Gasteiger partial charge is 0.481 e. The molecule has 1 heterocycles. The molecule has 1 aromatic heterocycles. The van der Waals surface area contributed by atoms with Gasteiger partial charge in [-0.3, -0.25) is 9.59 Å². The molecule has 0 aliphatic heterocycles. The number of carbonyl (C=O) groups excluding carboxylic acids is 1. The monoisotopic (exact) mass is 393 g/mol. The highest BCUT2D eigenvalue weighted by atomic mass is 35.5. The maximum absolute atomic E-state index is 12.0. The summed E-state index contributed by atoms with van der Waals surface area (Å²) in [7, 11) is 0. The lowest BCUT2D eigenvalue weighted by molar-refractivity contribution is -0.149. The molecule has 146 valence electrons. The molecule has 0 unspecified atom stereocenters. The first-order valence-corrected chi connectivity index (χ1v) is 9.36. The van der Waals surface area contributed by atoms with Crippen LogP contribution in [-0.2, 0) is 16.0 Å². The minimum Gasteiger partial charge on any atom is -0.481 e. The Morgan fingerprint density at radius 3 is 2.48 bits per heavy atom. The lowest BCUT2D eigenvalue weighted by Gasteiger charge is -2.26. The Hall–Kier alpha value is -2.41. The van der Waals surface area contributed by atoms with Crippen LogP contribution < -0.4 is 5.32 Å². The Morgan fingerprint density at radius 2 is 1.89 bits per heavy atom. The van der Waals surface area contributed by atoms with Crippen LogP contribution in [0, 0.1) is 5.41 Å². The van der Waals surface area contributed by atoms with E-state index in [4.69, 9.17) is 16.1 Å². The van der Waals surface area contributed by atoms with E-state index in [0.717, 1.165) is 5.56 Å². The summed E-state index contributed by atoms with van der Waals surface area (Å²) < 4.78 is 5.21. The molecular weight excluding hydrogens is 370 g/mol. The number of halogens is 1. The van der Waals surface area contributed by atoms with Gasteiger partial charge in [0.2, 0.25) is 17.6 Å². The first kappa shape index (κ1) is 20.9. The number of nitrogens with one attached hydrogen (secondary N) is 1. The minimum absolute atomic E-state index is 0.134. The second-order valence-corrected chi connectivity index (χ2v) is 6.88. The average molecular weight is 394 g/mol. The third-order valence-corrected chi connectivity index (χ3v) is 5.05. The van der Waals surface area contributed by atoms with Crippen molar-refractivity contribution >= 4 is 23.5 Å². The maximum Gasteiger partial charge on any atom is 0.311 e. The zero-order valence-electron chi connectivity index (χ0n) is 15.5. The Morgan fingerprint density at radius 1 is 1.22 bits per heavy atom. The zero-order chi connectivity index (χ0) is 19.9. The molecule has 0 radical (unpaired) electrons. The van der Waals surface area contributed by atoms with E-state index in [9.17, 15) is 14.7 Å². The predicted molar refractivity (Wildman–Crippen MR) is 101 cm³/mol. The number of aromatic nitrogens is 2. The predicted octanol–water partition coefficient (Wildman–Crippen LogP) is 3.72. The number of carbonyl (C=O) groups is 2. The van der Waals surface area contributed by atoms with Crippen molar-refractivity contribution in [3.63, 3.8) is 0 Å². The fourth-order valence-electron chi connectivity index (χ4n) is 2.71. The Balaban J connectivity index is 1.80. The van der Waals surface area contributed by atoms with Gasteiger partial charge in [0, 0.05) is 30.0 Å². The van der Waals surface area contributed by atoms with Crippen LogP contribution in [0.3, 0.4) is 0 Å². The van der Waals surface area contributed by atoms with Crippen LogP contribution in [0.1, 0.15) is 45.4 Å². The van der Waals surface area contributed by atoms with Crippen LogP contribution in [0.25, 0.3) is 11.4 Å². The van der Waals surface area contributed by atoms with Crippen molar-refractivity contribution in [2.75, 3.05) is 6.54 Å². The number of hydrogen-bond donors (Lipinski definition) is 2. The van der Waals surface area contributed by atoms with Crippen LogP contribution in [0.4, 0.5) is 0 Å². The number of amides is 1. The summed E-state index contributed by atoms with van der Waals surface area (Å²) in [6, 6.07) is 7.11. The highest BCUT2D eigenvalue weighted by Crippen LogP contribution is 2.25. The van der Waals surface area contributed by atoms with Crippen molar-refractivity contribution in [2.45, 2.75) is 46.0 Å². The van der Waals surface area contributed by atoms with Gasteiger partial charge < -0.3 is 14.9 Å². The summed E-state index contributed by atoms with van der Waals surface area (Å²) in [6.45, 7) is 3.77. The molecule has 1 amide bonds. The highest BCUT2D eigenvalue weighted by Gasteiger charge is 2.34. The van der Waals surface area contributed by atoms with E-state index >= 15 is 0 Å². The second kappa shape index (κ2) is 9.50. The molecule has 0 atom stereocenters. The molecule has 0 saturated heterocycles. The van der Waals surface area contributed by atoms with E-state index in [1.54, 1.807) is 24.3 Å². The standard InChI is InChI=1S/C19H24ClN3O4/c1-3-19(4-2,18(25)26)12-21-15(24)6-5-7-16-22-17(23-27-16)13-8-10-14(20)11-9-13/h8-11H,3-7,12H2,1-2H3,(H,21,24)(H,25,26). The van der Waals surface area contributed by atoms with E-state index in [-0.39, 0.29) is 18.9 Å². The van der Waals surface area contributed by atoms with Crippen LogP contribution in [-0.4, -0.2) is 33.7 Å². The van der Waals surface area contributed by atoms with Gasteiger partial charge in [-0.1, -0.05) is 30.6 Å². The summed E-state index contributed by atoms with van der Waals surface area (Å²) >= 11 is 5.86. The fourth-order valence-corrected chi connectivity index (χ4v) is 2.83. The topological polar surface area (TPSA) is 105 Å². The molecule has 0 bridgehead atoms. The van der Waals surface area contributed by atoms with Crippen molar-refractivity contribution in [1.82, 2.24) is 15.5 Å². The molecule has 27 heavy (non-hydrogen) atoms. The zero-order valence-corrected chi connectivity index (χ0v) is 16.3. The van der Waals surface area contributed by atoms with Crippen LogP contribution in [0.2, 0.25) is 5.02 Å². The number of aryl methyl sites for hydroxylation is 1. The molecule has 8 heteroatoms. The first-order chi connectivity index (χ1) is 12.9. The number of rotatable bonds is 10. The Kier molecular flexibility index (Phi) is 7.36. The lowest BCUT2D eigenvalue weighted by atomic mass is 9.82. The van der Waals surface area contributed by atoms with Gasteiger partial charge in [0.05, 0.1) is 5.41 Å². The minimum atomic E-state index is -0.907. The maximum atomic E-state index is 12.0. The molecule has 0 fully saturated rings. The number of carboxylic acids is 1. The molecule has 0 aliphatic carbocycles. The molecule has 0 spiro atoms. The van der Waals surface area contributed by atoms with Gasteiger partial charge >= 0.3 is 5.97 Å². The molecule has 1 aromatic carbocycles. The molecule has 2 aromatic rings. The first-order valence-electron chi connectivity index (χ1n) is 8.99. The van der Waals surface area contributed by atoms with Crippen molar-refractivity contribution < 1.29 is 19.2 Å². The second-order valence-electron chi connectivity index (χ2n) is 6.44. The number of carboxylic acid groups (broad SMARTS) is 1. The van der Waals surface area contributed by atoms with Gasteiger partial charge in [0.15, 0.2) is 0 Å². The normalized spacial score (nSPS) is 11.4. The van der Waals surface area contributed by atoms with Crippen molar-refractivity contribution in [1.29, 1.82) is 0 Å². The smallest absolute Gasteiger partial charge is 0.311 e. The SMILES string of the molecule is CCC(CC)(CNC(=O)CCCc1nc(-c2ccc(Cl)cc2)no1)C(=O)O. The van der Waals surface area contributed by atoms with E-state index in [2.05, 4.69) is 15.5 Å². The average Bonchev–Trinajstić information content (AvgIpc) is 3.12. The molecule has 2 rings (SSSR count). The number of nitrogens with zero attached hydrogens (tertiary/aromatic N) is 2. The van der Waals surface area contributed by atoms with Gasteiger partial charge in [-0.25, -0.2) is 0 Å². The Bertz CT molecular complexity index is 770. The number of aliphatic carboxylic acids is 1. The highest BCUT2D eigenvalue weighted by molar-refractivity contribution is 6.30. The third-order valence-electron chi connectivity index (χ3n) is 4.80. The number of hydrogen-bond acceptors (Lipinski definition) is 5. The van der Waals surface area contributed by atoms with Crippen LogP contribution in [0.5, 0.6) is 0 Å².